The maximum atomic E-state index is 12.3. The summed E-state index contributed by atoms with van der Waals surface area (Å²) in [6.45, 7) is 0.342. The van der Waals surface area contributed by atoms with Crippen LogP contribution in [0.25, 0.3) is 0 Å². The first-order chi connectivity index (χ1) is 10.6. The normalized spacial score (nSPS) is 10.3. The number of terminal acetylenes is 1. The lowest BCUT2D eigenvalue weighted by Gasteiger charge is -2.09. The first kappa shape index (κ1) is 16.5. The number of anilines is 3. The fourth-order valence-electron chi connectivity index (χ4n) is 1.53. The summed E-state index contributed by atoms with van der Waals surface area (Å²) in [5, 5.41) is 5.96. The van der Waals surface area contributed by atoms with Crippen molar-refractivity contribution >= 4 is 45.1 Å². The van der Waals surface area contributed by atoms with E-state index in [0.717, 1.165) is 0 Å². The van der Waals surface area contributed by atoms with Crippen LogP contribution in [0.15, 0.2) is 39.8 Å². The van der Waals surface area contributed by atoms with Gasteiger partial charge < -0.3 is 10.6 Å². The molecule has 0 aliphatic carbocycles. The molecule has 0 amide bonds. The number of halogens is 3. The molecule has 0 spiro atoms. The summed E-state index contributed by atoms with van der Waals surface area (Å²) in [4.78, 5) is 8.90. The molecule has 0 unspecified atom stereocenters. The number of nitrogens with one attached hydrogen (secondary N) is 2. The molecule has 0 saturated heterocycles. The van der Waals surface area contributed by atoms with Crippen molar-refractivity contribution in [1.82, 2.24) is 9.97 Å². The van der Waals surface area contributed by atoms with Gasteiger partial charge in [-0.05, 0) is 40.2 Å². The summed E-state index contributed by atoms with van der Waals surface area (Å²) in [6, 6.07) is 6.58. The van der Waals surface area contributed by atoms with Crippen molar-refractivity contribution in [1.29, 1.82) is 0 Å². The summed E-state index contributed by atoms with van der Waals surface area (Å²) in [5.41, 5.74) is 0.698. The smallest absolute Gasteiger partial charge is 0.288 e. The Kier molecular flexibility index (Phi) is 5.98. The van der Waals surface area contributed by atoms with Crippen molar-refractivity contribution in [3.05, 3.63) is 34.9 Å². The highest BCUT2D eigenvalue weighted by Crippen LogP contribution is 2.27. The number of hydrogen-bond donors (Lipinski definition) is 2. The third kappa shape index (κ3) is 4.86. The standard InChI is InChI=1S/C14H11BrF2N4S/c1-2-7-18-12-11(15)8-19-14(21-12)20-9-3-5-10(6-4-9)22-13(16)17/h1,3-6,8,13H,7H2,(H2,18,19,20,21). The summed E-state index contributed by atoms with van der Waals surface area (Å²) < 4.78 is 25.2. The van der Waals surface area contributed by atoms with Crippen molar-refractivity contribution in [2.75, 3.05) is 17.2 Å². The van der Waals surface area contributed by atoms with Crippen LogP contribution in [0.4, 0.5) is 26.2 Å². The number of benzene rings is 1. The minimum absolute atomic E-state index is 0.342. The van der Waals surface area contributed by atoms with E-state index in [4.69, 9.17) is 6.42 Å². The highest BCUT2D eigenvalue weighted by molar-refractivity contribution is 9.10. The third-order valence-electron chi connectivity index (χ3n) is 2.44. The highest BCUT2D eigenvalue weighted by Gasteiger charge is 2.07. The van der Waals surface area contributed by atoms with Crippen LogP contribution in [0.2, 0.25) is 0 Å². The Morgan fingerprint density at radius 1 is 1.32 bits per heavy atom. The van der Waals surface area contributed by atoms with Crippen LogP contribution in [-0.2, 0) is 0 Å². The SMILES string of the molecule is C#CCNc1nc(Nc2ccc(SC(F)F)cc2)ncc1Br. The Morgan fingerprint density at radius 2 is 2.05 bits per heavy atom. The largest absolute Gasteiger partial charge is 0.358 e. The Morgan fingerprint density at radius 3 is 2.68 bits per heavy atom. The van der Waals surface area contributed by atoms with Gasteiger partial charge in [-0.15, -0.1) is 6.42 Å². The van der Waals surface area contributed by atoms with Crippen LogP contribution in [-0.4, -0.2) is 22.3 Å². The molecule has 22 heavy (non-hydrogen) atoms. The van der Waals surface area contributed by atoms with Crippen LogP contribution in [0.3, 0.4) is 0 Å². The molecule has 0 aliphatic rings. The van der Waals surface area contributed by atoms with Gasteiger partial charge in [0.05, 0.1) is 11.0 Å². The van der Waals surface area contributed by atoms with E-state index in [9.17, 15) is 8.78 Å². The molecule has 0 aliphatic heterocycles. The van der Waals surface area contributed by atoms with E-state index in [-0.39, 0.29) is 0 Å². The predicted octanol–water partition coefficient (Wildman–Crippen LogP) is 4.34. The second-order valence-electron chi connectivity index (χ2n) is 3.98. The summed E-state index contributed by atoms with van der Waals surface area (Å²) >= 11 is 3.82. The number of nitrogens with zero attached hydrogens (tertiary/aromatic N) is 2. The van der Waals surface area contributed by atoms with Gasteiger partial charge in [0.15, 0.2) is 0 Å². The lowest BCUT2D eigenvalue weighted by Crippen LogP contribution is -2.05. The number of thioether (sulfide) groups is 1. The van der Waals surface area contributed by atoms with Crippen LogP contribution in [0.5, 0.6) is 0 Å². The van der Waals surface area contributed by atoms with Crippen LogP contribution in [0.1, 0.15) is 0 Å². The van der Waals surface area contributed by atoms with Crippen LogP contribution >= 0.6 is 27.7 Å². The Labute approximate surface area is 139 Å². The molecule has 8 heteroatoms. The Hall–Kier alpha value is -1.85. The maximum Gasteiger partial charge on any atom is 0.288 e. The molecular formula is C14H11BrF2N4S. The summed E-state index contributed by atoms with van der Waals surface area (Å²) in [7, 11) is 0. The fourth-order valence-corrected chi connectivity index (χ4v) is 2.37. The molecule has 0 bridgehead atoms. The average molecular weight is 385 g/mol. The van der Waals surface area contributed by atoms with Gasteiger partial charge in [-0.3, -0.25) is 0 Å². The van der Waals surface area contributed by atoms with E-state index < -0.39 is 5.76 Å². The molecule has 0 radical (unpaired) electrons. The second kappa shape index (κ2) is 7.96. The molecule has 2 N–H and O–H groups in total. The van der Waals surface area contributed by atoms with Crippen molar-refractivity contribution in [2.45, 2.75) is 10.7 Å². The Balaban J connectivity index is 2.08. The van der Waals surface area contributed by atoms with E-state index in [0.29, 0.717) is 45.1 Å². The highest BCUT2D eigenvalue weighted by atomic mass is 79.9. The quantitative estimate of drug-likeness (QED) is 0.572. The molecule has 4 nitrogen and oxygen atoms in total. The summed E-state index contributed by atoms with van der Waals surface area (Å²) in [5.74, 6) is 0.968. The van der Waals surface area contributed by atoms with Crippen molar-refractivity contribution in [2.24, 2.45) is 0 Å². The molecule has 0 fully saturated rings. The third-order valence-corrected chi connectivity index (χ3v) is 3.74. The number of rotatable bonds is 6. The van der Waals surface area contributed by atoms with E-state index in [1.165, 1.54) is 0 Å². The molecular weight excluding hydrogens is 374 g/mol. The Bertz CT molecular complexity index is 674. The van der Waals surface area contributed by atoms with Crippen LogP contribution < -0.4 is 10.6 Å². The number of alkyl halides is 2. The number of aromatic nitrogens is 2. The first-order valence-corrected chi connectivity index (χ1v) is 7.77. The van der Waals surface area contributed by atoms with Crippen LogP contribution in [0, 0.1) is 12.3 Å². The zero-order valence-electron chi connectivity index (χ0n) is 11.2. The van der Waals surface area contributed by atoms with Gasteiger partial charge in [-0.2, -0.15) is 13.8 Å². The fraction of sp³-hybridized carbons (Fsp3) is 0.143. The van der Waals surface area contributed by atoms with Gasteiger partial charge in [0.2, 0.25) is 5.95 Å². The van der Waals surface area contributed by atoms with E-state index in [2.05, 4.69) is 42.5 Å². The van der Waals surface area contributed by atoms with E-state index in [1.807, 2.05) is 0 Å². The molecule has 1 heterocycles. The zero-order chi connectivity index (χ0) is 15.9. The molecule has 0 saturated carbocycles. The van der Waals surface area contributed by atoms with Gasteiger partial charge in [0.1, 0.15) is 5.82 Å². The molecule has 1 aromatic heterocycles. The van der Waals surface area contributed by atoms with Crippen molar-refractivity contribution < 1.29 is 8.78 Å². The minimum atomic E-state index is -2.43. The molecule has 0 atom stereocenters. The number of hydrogen-bond acceptors (Lipinski definition) is 5. The monoisotopic (exact) mass is 384 g/mol. The lowest BCUT2D eigenvalue weighted by molar-refractivity contribution is 0.252. The van der Waals surface area contributed by atoms with E-state index in [1.54, 1.807) is 30.5 Å². The first-order valence-electron chi connectivity index (χ1n) is 6.10. The zero-order valence-corrected chi connectivity index (χ0v) is 13.6. The van der Waals surface area contributed by atoms with Gasteiger partial charge in [-0.25, -0.2) is 4.98 Å². The molecule has 1 aromatic carbocycles. The van der Waals surface area contributed by atoms with Gasteiger partial charge in [-0.1, -0.05) is 17.7 Å². The average Bonchev–Trinajstić information content (AvgIpc) is 2.49. The van der Waals surface area contributed by atoms with Gasteiger partial charge in [0, 0.05) is 16.8 Å². The van der Waals surface area contributed by atoms with E-state index >= 15 is 0 Å². The molecule has 114 valence electrons. The molecule has 2 aromatic rings. The molecule has 2 rings (SSSR count). The topological polar surface area (TPSA) is 49.8 Å². The maximum absolute atomic E-state index is 12.3. The predicted molar refractivity (Wildman–Crippen MR) is 88.6 cm³/mol. The van der Waals surface area contributed by atoms with Gasteiger partial charge in [0.25, 0.3) is 5.76 Å². The van der Waals surface area contributed by atoms with Crippen molar-refractivity contribution in [3.63, 3.8) is 0 Å². The van der Waals surface area contributed by atoms with Gasteiger partial charge >= 0.3 is 0 Å². The van der Waals surface area contributed by atoms with Crippen molar-refractivity contribution in [3.8, 4) is 12.3 Å². The lowest BCUT2D eigenvalue weighted by atomic mass is 10.3. The minimum Gasteiger partial charge on any atom is -0.358 e. The summed E-state index contributed by atoms with van der Waals surface area (Å²) in [6.07, 6.45) is 6.79. The second-order valence-corrected chi connectivity index (χ2v) is 5.89.